The van der Waals surface area contributed by atoms with Crippen LogP contribution in [0.1, 0.15) is 0 Å². The summed E-state index contributed by atoms with van der Waals surface area (Å²) in [5.41, 5.74) is 0. The van der Waals surface area contributed by atoms with Crippen molar-refractivity contribution in [2.75, 3.05) is 19.8 Å². The molecule has 1 N–H and O–H groups in total. The number of carbonyl (C=O) groups is 2. The number of esters is 1. The maximum atomic E-state index is 12.5. The number of halogens is 2. The van der Waals surface area contributed by atoms with Gasteiger partial charge in [-0.15, -0.1) is 0 Å². The lowest BCUT2D eigenvalue weighted by atomic mass is 10.6. The maximum Gasteiger partial charge on any atom is 0.407 e. The summed E-state index contributed by atoms with van der Waals surface area (Å²) in [7, 11) is -5.91. The van der Waals surface area contributed by atoms with E-state index >= 15 is 0 Å². The standard InChI is InChI=1S/C8H11F2NO7S/c1-2-6(12)17-4-3-11-7(13)18-5-8(9,10)19(14,15)16/h2H,1,3-5H2,(H,11,13)(H,14,15,16)/p-1. The Bertz CT molecular complexity index is 448. The predicted molar refractivity (Wildman–Crippen MR) is 55.2 cm³/mol. The third-order valence-corrected chi connectivity index (χ3v) is 2.37. The van der Waals surface area contributed by atoms with Gasteiger partial charge in [0.05, 0.1) is 6.54 Å². The number of rotatable bonds is 7. The molecule has 0 heterocycles. The number of amides is 1. The number of hydrogen-bond donors (Lipinski definition) is 1. The fraction of sp³-hybridized carbons (Fsp3) is 0.500. The molecule has 0 radical (unpaired) electrons. The summed E-state index contributed by atoms with van der Waals surface area (Å²) in [4.78, 5) is 21.3. The molecule has 0 fully saturated rings. The van der Waals surface area contributed by atoms with Crippen LogP contribution >= 0.6 is 0 Å². The molecule has 0 aromatic rings. The summed E-state index contributed by atoms with van der Waals surface area (Å²) in [6.45, 7) is 0.668. The molecule has 0 aromatic heterocycles. The van der Waals surface area contributed by atoms with Crippen molar-refractivity contribution in [3.63, 3.8) is 0 Å². The Morgan fingerprint density at radius 1 is 1.37 bits per heavy atom. The van der Waals surface area contributed by atoms with Crippen LogP contribution in [0.25, 0.3) is 0 Å². The van der Waals surface area contributed by atoms with E-state index in [1.807, 2.05) is 5.32 Å². The summed E-state index contributed by atoms with van der Waals surface area (Å²) < 4.78 is 63.5. The van der Waals surface area contributed by atoms with Crippen molar-refractivity contribution in [2.45, 2.75) is 5.25 Å². The van der Waals surface area contributed by atoms with Crippen molar-refractivity contribution < 1.29 is 40.8 Å². The van der Waals surface area contributed by atoms with Crippen LogP contribution in [0.2, 0.25) is 0 Å². The van der Waals surface area contributed by atoms with Crippen molar-refractivity contribution in [1.29, 1.82) is 0 Å². The summed E-state index contributed by atoms with van der Waals surface area (Å²) in [6, 6.07) is 0. The van der Waals surface area contributed by atoms with E-state index in [9.17, 15) is 31.3 Å². The van der Waals surface area contributed by atoms with E-state index in [2.05, 4.69) is 16.1 Å². The van der Waals surface area contributed by atoms with Gasteiger partial charge in [0.15, 0.2) is 16.7 Å². The van der Waals surface area contributed by atoms with Crippen molar-refractivity contribution in [1.82, 2.24) is 5.32 Å². The molecule has 19 heavy (non-hydrogen) atoms. The maximum absolute atomic E-state index is 12.5. The Kier molecular flexibility index (Phi) is 6.35. The van der Waals surface area contributed by atoms with E-state index in [0.29, 0.717) is 0 Å². The van der Waals surface area contributed by atoms with Crippen LogP contribution in [0, 0.1) is 0 Å². The van der Waals surface area contributed by atoms with E-state index in [1.54, 1.807) is 0 Å². The summed E-state index contributed by atoms with van der Waals surface area (Å²) in [6.07, 6.45) is -0.518. The topological polar surface area (TPSA) is 122 Å². The van der Waals surface area contributed by atoms with Gasteiger partial charge in [-0.1, -0.05) is 6.58 Å². The third kappa shape index (κ3) is 6.67. The van der Waals surface area contributed by atoms with Crippen molar-refractivity contribution in [2.24, 2.45) is 0 Å². The highest BCUT2D eigenvalue weighted by atomic mass is 32.2. The quantitative estimate of drug-likeness (QED) is 0.293. The van der Waals surface area contributed by atoms with Crippen molar-refractivity contribution in [3.8, 4) is 0 Å². The first-order valence-electron chi connectivity index (χ1n) is 4.63. The lowest BCUT2D eigenvalue weighted by molar-refractivity contribution is -0.137. The Morgan fingerprint density at radius 3 is 2.42 bits per heavy atom. The van der Waals surface area contributed by atoms with Gasteiger partial charge >= 0.3 is 17.3 Å². The molecule has 0 rings (SSSR count). The number of ether oxygens (including phenoxy) is 2. The Balaban J connectivity index is 3.95. The van der Waals surface area contributed by atoms with E-state index in [-0.39, 0.29) is 13.2 Å². The summed E-state index contributed by atoms with van der Waals surface area (Å²) in [5, 5.41) is -2.83. The van der Waals surface area contributed by atoms with Crippen LogP contribution < -0.4 is 5.32 Å². The fourth-order valence-corrected chi connectivity index (χ4v) is 0.840. The molecule has 0 aliphatic carbocycles. The summed E-state index contributed by atoms with van der Waals surface area (Å²) in [5.74, 6) is -0.751. The molecule has 0 bridgehead atoms. The number of carbonyl (C=O) groups excluding carboxylic acids is 2. The van der Waals surface area contributed by atoms with Gasteiger partial charge in [-0.25, -0.2) is 18.0 Å². The second-order valence-electron chi connectivity index (χ2n) is 2.97. The smallest absolute Gasteiger partial charge is 0.407 e. The minimum Gasteiger partial charge on any atom is -0.743 e. The van der Waals surface area contributed by atoms with Gasteiger partial charge in [-0.2, -0.15) is 8.78 Å². The second kappa shape index (κ2) is 6.99. The molecular formula is C8H10F2NO7S-. The van der Waals surface area contributed by atoms with Crippen molar-refractivity contribution in [3.05, 3.63) is 12.7 Å². The Hall–Kier alpha value is -1.75. The number of alkyl halides is 2. The number of nitrogens with one attached hydrogen (secondary N) is 1. The Morgan fingerprint density at radius 2 is 1.95 bits per heavy atom. The van der Waals surface area contributed by atoms with Gasteiger partial charge in [0, 0.05) is 6.08 Å². The average Bonchev–Trinajstić information content (AvgIpc) is 2.30. The van der Waals surface area contributed by atoms with E-state index in [4.69, 9.17) is 0 Å². The minimum absolute atomic E-state index is 0.256. The van der Waals surface area contributed by atoms with Crippen LogP contribution in [0.5, 0.6) is 0 Å². The lowest BCUT2D eigenvalue weighted by Gasteiger charge is -2.19. The van der Waals surface area contributed by atoms with Gasteiger partial charge in [-0.3, -0.25) is 0 Å². The SMILES string of the molecule is C=CC(=O)OCCNC(=O)OCC(F)(F)S(=O)(=O)[O-]. The van der Waals surface area contributed by atoms with Crippen LogP contribution in [0.15, 0.2) is 12.7 Å². The highest BCUT2D eigenvalue weighted by molar-refractivity contribution is 7.86. The zero-order valence-corrected chi connectivity index (χ0v) is 10.2. The molecule has 0 saturated heterocycles. The fourth-order valence-electron chi connectivity index (χ4n) is 0.636. The normalized spacial score (nSPS) is 11.5. The van der Waals surface area contributed by atoms with Crippen molar-refractivity contribution >= 4 is 22.2 Å². The lowest BCUT2D eigenvalue weighted by Crippen LogP contribution is -2.37. The third-order valence-electron chi connectivity index (χ3n) is 1.52. The predicted octanol–water partition coefficient (Wildman–Crippen LogP) is -0.420. The molecular weight excluding hydrogens is 292 g/mol. The van der Waals surface area contributed by atoms with Gasteiger partial charge < -0.3 is 19.3 Å². The Labute approximate surface area is 107 Å². The zero-order valence-electron chi connectivity index (χ0n) is 9.43. The average molecular weight is 302 g/mol. The summed E-state index contributed by atoms with van der Waals surface area (Å²) >= 11 is 0. The van der Waals surface area contributed by atoms with E-state index in [1.165, 1.54) is 0 Å². The minimum atomic E-state index is -5.91. The molecule has 0 aliphatic heterocycles. The van der Waals surface area contributed by atoms with Crippen LogP contribution in [-0.4, -0.2) is 50.0 Å². The first kappa shape index (κ1) is 17.2. The second-order valence-corrected chi connectivity index (χ2v) is 4.47. The van der Waals surface area contributed by atoms with Crippen LogP contribution in [-0.2, 0) is 24.4 Å². The molecule has 1 amide bonds. The van der Waals surface area contributed by atoms with Crippen LogP contribution in [0.3, 0.4) is 0 Å². The largest absolute Gasteiger partial charge is 0.743 e. The van der Waals surface area contributed by atoms with Crippen LogP contribution in [0.4, 0.5) is 13.6 Å². The van der Waals surface area contributed by atoms with Gasteiger partial charge in [0.2, 0.25) is 0 Å². The van der Waals surface area contributed by atoms with Gasteiger partial charge in [-0.05, 0) is 0 Å². The number of alkyl carbamates (subject to hydrolysis) is 1. The van der Waals surface area contributed by atoms with Gasteiger partial charge in [0.1, 0.15) is 6.61 Å². The highest BCUT2D eigenvalue weighted by Crippen LogP contribution is 2.20. The first-order valence-corrected chi connectivity index (χ1v) is 6.04. The molecule has 0 aliphatic rings. The number of hydrogen-bond acceptors (Lipinski definition) is 7. The molecule has 0 saturated carbocycles. The molecule has 11 heteroatoms. The molecule has 0 aromatic carbocycles. The molecule has 110 valence electrons. The molecule has 0 atom stereocenters. The van der Waals surface area contributed by atoms with E-state index < -0.39 is 34.0 Å². The van der Waals surface area contributed by atoms with Gasteiger partial charge in [0.25, 0.3) is 0 Å². The first-order chi connectivity index (χ1) is 8.60. The molecule has 0 unspecified atom stereocenters. The monoisotopic (exact) mass is 302 g/mol. The molecule has 8 nitrogen and oxygen atoms in total. The van der Waals surface area contributed by atoms with E-state index in [0.717, 1.165) is 6.08 Å². The molecule has 0 spiro atoms. The zero-order chi connectivity index (χ0) is 15.1. The highest BCUT2D eigenvalue weighted by Gasteiger charge is 2.39.